The maximum absolute atomic E-state index is 13.1. The Morgan fingerprint density at radius 1 is 1.19 bits per heavy atom. The molecule has 1 aromatic carbocycles. The van der Waals surface area contributed by atoms with E-state index in [0.717, 1.165) is 6.07 Å². The van der Waals surface area contributed by atoms with Gasteiger partial charge in [-0.3, -0.25) is 4.79 Å². The van der Waals surface area contributed by atoms with Crippen molar-refractivity contribution >= 4 is 27.5 Å². The lowest BCUT2D eigenvalue weighted by Gasteiger charge is -2.11. The highest BCUT2D eigenvalue weighted by Gasteiger charge is 2.34. The van der Waals surface area contributed by atoms with Crippen LogP contribution in [0.4, 0.5) is 23.2 Å². The molecule has 0 bridgehead atoms. The number of hydrogen-bond donors (Lipinski definition) is 1. The Morgan fingerprint density at radius 2 is 1.90 bits per heavy atom. The van der Waals surface area contributed by atoms with Crippen molar-refractivity contribution in [2.75, 3.05) is 5.32 Å². The molecule has 2 rings (SSSR count). The minimum atomic E-state index is -4.83. The van der Waals surface area contributed by atoms with E-state index in [9.17, 15) is 22.4 Å². The maximum atomic E-state index is 13.1. The fourth-order valence-corrected chi connectivity index (χ4v) is 1.93. The quantitative estimate of drug-likeness (QED) is 0.640. The summed E-state index contributed by atoms with van der Waals surface area (Å²) in [6.07, 6.45) is -3.46. The molecular formula is C13H7BrF4N2O. The molecule has 2 aromatic rings. The van der Waals surface area contributed by atoms with Crippen LogP contribution in [0.2, 0.25) is 0 Å². The summed E-state index contributed by atoms with van der Waals surface area (Å²) in [4.78, 5) is 15.7. The van der Waals surface area contributed by atoms with E-state index in [1.807, 2.05) is 0 Å². The maximum Gasteiger partial charge on any atom is 0.419 e. The van der Waals surface area contributed by atoms with Gasteiger partial charge in [0, 0.05) is 17.4 Å². The molecule has 0 radical (unpaired) electrons. The van der Waals surface area contributed by atoms with E-state index in [0.29, 0.717) is 16.7 Å². The minimum Gasteiger partial charge on any atom is -0.322 e. The second-order valence-corrected chi connectivity index (χ2v) is 4.83. The molecule has 0 saturated carbocycles. The molecule has 0 atom stereocenters. The fourth-order valence-electron chi connectivity index (χ4n) is 1.57. The van der Waals surface area contributed by atoms with Crippen molar-refractivity contribution in [1.29, 1.82) is 0 Å². The monoisotopic (exact) mass is 362 g/mol. The van der Waals surface area contributed by atoms with Crippen LogP contribution in [0.3, 0.4) is 0 Å². The van der Waals surface area contributed by atoms with Gasteiger partial charge in [-0.1, -0.05) is 0 Å². The Balaban J connectivity index is 2.26. The Kier molecular flexibility index (Phi) is 4.26. The van der Waals surface area contributed by atoms with Gasteiger partial charge in [0.25, 0.3) is 5.91 Å². The smallest absolute Gasteiger partial charge is 0.322 e. The standard InChI is InChI=1S/C13H7BrF4N2O/c14-11-5-7(3-4-19-11)12(21)20-8-1-2-10(15)9(6-8)13(16,17)18/h1-6H,(H,20,21). The number of rotatable bonds is 2. The highest BCUT2D eigenvalue weighted by molar-refractivity contribution is 9.10. The summed E-state index contributed by atoms with van der Waals surface area (Å²) in [7, 11) is 0. The highest BCUT2D eigenvalue weighted by atomic mass is 79.9. The molecule has 0 unspecified atom stereocenters. The van der Waals surface area contributed by atoms with Crippen molar-refractivity contribution in [3.8, 4) is 0 Å². The molecule has 21 heavy (non-hydrogen) atoms. The van der Waals surface area contributed by atoms with Gasteiger partial charge in [0.1, 0.15) is 10.4 Å². The Labute approximate surface area is 125 Å². The number of halogens is 5. The molecule has 0 spiro atoms. The largest absolute Gasteiger partial charge is 0.419 e. The van der Waals surface area contributed by atoms with E-state index in [1.165, 1.54) is 18.3 Å². The van der Waals surface area contributed by atoms with Gasteiger partial charge in [-0.25, -0.2) is 9.37 Å². The third kappa shape index (κ3) is 3.78. The minimum absolute atomic E-state index is 0.151. The molecule has 0 saturated heterocycles. The second kappa shape index (κ2) is 5.80. The second-order valence-electron chi connectivity index (χ2n) is 4.01. The number of alkyl halides is 3. The van der Waals surface area contributed by atoms with Crippen LogP contribution >= 0.6 is 15.9 Å². The van der Waals surface area contributed by atoms with Gasteiger partial charge in [-0.15, -0.1) is 0 Å². The summed E-state index contributed by atoms with van der Waals surface area (Å²) in [6.45, 7) is 0. The van der Waals surface area contributed by atoms with Gasteiger partial charge in [0.15, 0.2) is 0 Å². The summed E-state index contributed by atoms with van der Waals surface area (Å²) in [5, 5.41) is 2.27. The number of carbonyl (C=O) groups excluding carboxylic acids is 1. The Morgan fingerprint density at radius 3 is 2.52 bits per heavy atom. The van der Waals surface area contributed by atoms with Gasteiger partial charge in [0.2, 0.25) is 0 Å². The Bertz CT molecular complexity index is 688. The van der Waals surface area contributed by atoms with Crippen molar-refractivity contribution in [2.24, 2.45) is 0 Å². The molecule has 0 aliphatic heterocycles. The van der Waals surface area contributed by atoms with Crippen LogP contribution in [0.5, 0.6) is 0 Å². The summed E-state index contributed by atoms with van der Waals surface area (Å²) in [6, 6.07) is 5.06. The van der Waals surface area contributed by atoms with E-state index in [1.54, 1.807) is 0 Å². The SMILES string of the molecule is O=C(Nc1ccc(F)c(C(F)(F)F)c1)c1ccnc(Br)c1. The van der Waals surface area contributed by atoms with Crippen LogP contribution in [-0.4, -0.2) is 10.9 Å². The average molecular weight is 363 g/mol. The number of benzene rings is 1. The molecule has 1 amide bonds. The predicted octanol–water partition coefficient (Wildman–Crippen LogP) is 4.25. The lowest BCUT2D eigenvalue weighted by Crippen LogP contribution is -2.14. The Hall–Kier alpha value is -1.96. The lowest BCUT2D eigenvalue weighted by atomic mass is 10.1. The first-order valence-electron chi connectivity index (χ1n) is 5.57. The van der Waals surface area contributed by atoms with Crippen LogP contribution in [0.1, 0.15) is 15.9 Å². The first-order chi connectivity index (χ1) is 9.77. The first-order valence-corrected chi connectivity index (χ1v) is 6.36. The van der Waals surface area contributed by atoms with E-state index in [-0.39, 0.29) is 11.3 Å². The van der Waals surface area contributed by atoms with E-state index in [4.69, 9.17) is 0 Å². The van der Waals surface area contributed by atoms with Crippen molar-refractivity contribution in [2.45, 2.75) is 6.18 Å². The van der Waals surface area contributed by atoms with Crippen molar-refractivity contribution in [3.05, 3.63) is 58.1 Å². The third-order valence-corrected chi connectivity index (χ3v) is 2.95. The van der Waals surface area contributed by atoms with Gasteiger partial charge in [-0.2, -0.15) is 13.2 Å². The summed E-state index contributed by atoms with van der Waals surface area (Å²) >= 11 is 3.07. The lowest BCUT2D eigenvalue weighted by molar-refractivity contribution is -0.139. The van der Waals surface area contributed by atoms with Crippen LogP contribution in [0.25, 0.3) is 0 Å². The number of hydrogen-bond acceptors (Lipinski definition) is 2. The zero-order valence-electron chi connectivity index (χ0n) is 10.2. The number of pyridine rings is 1. The van der Waals surface area contributed by atoms with E-state index < -0.39 is 23.5 Å². The molecule has 8 heteroatoms. The molecule has 1 aromatic heterocycles. The molecule has 3 nitrogen and oxygen atoms in total. The molecule has 0 aliphatic carbocycles. The third-order valence-electron chi connectivity index (χ3n) is 2.52. The molecule has 0 fully saturated rings. The molecular weight excluding hydrogens is 356 g/mol. The zero-order valence-corrected chi connectivity index (χ0v) is 11.8. The fraction of sp³-hybridized carbons (Fsp3) is 0.0769. The topological polar surface area (TPSA) is 42.0 Å². The normalized spacial score (nSPS) is 11.3. The number of amides is 1. The van der Waals surface area contributed by atoms with E-state index in [2.05, 4.69) is 26.2 Å². The van der Waals surface area contributed by atoms with Crippen LogP contribution < -0.4 is 5.32 Å². The van der Waals surface area contributed by atoms with Gasteiger partial charge >= 0.3 is 6.18 Å². The summed E-state index contributed by atoms with van der Waals surface area (Å²) in [5.41, 5.74) is -1.38. The molecule has 0 aliphatic rings. The van der Waals surface area contributed by atoms with Crippen LogP contribution in [0.15, 0.2) is 41.1 Å². The highest BCUT2D eigenvalue weighted by Crippen LogP contribution is 2.33. The van der Waals surface area contributed by atoms with Gasteiger partial charge in [-0.05, 0) is 46.3 Å². The molecule has 1 N–H and O–H groups in total. The summed E-state index contributed by atoms with van der Waals surface area (Å²) in [5.74, 6) is -2.02. The summed E-state index contributed by atoms with van der Waals surface area (Å²) < 4.78 is 51.3. The van der Waals surface area contributed by atoms with Gasteiger partial charge in [0.05, 0.1) is 5.56 Å². The number of aromatic nitrogens is 1. The number of carbonyl (C=O) groups is 1. The van der Waals surface area contributed by atoms with Crippen molar-refractivity contribution < 1.29 is 22.4 Å². The molecule has 1 heterocycles. The average Bonchev–Trinajstić information content (AvgIpc) is 2.39. The predicted molar refractivity (Wildman–Crippen MR) is 71.3 cm³/mol. The zero-order chi connectivity index (χ0) is 15.6. The number of nitrogens with one attached hydrogen (secondary N) is 1. The first kappa shape index (κ1) is 15.4. The van der Waals surface area contributed by atoms with Crippen LogP contribution in [-0.2, 0) is 6.18 Å². The van der Waals surface area contributed by atoms with Crippen LogP contribution in [0, 0.1) is 5.82 Å². The van der Waals surface area contributed by atoms with E-state index >= 15 is 0 Å². The van der Waals surface area contributed by atoms with Gasteiger partial charge < -0.3 is 5.32 Å². The molecule has 110 valence electrons. The number of nitrogens with zero attached hydrogens (tertiary/aromatic N) is 1. The number of anilines is 1. The van der Waals surface area contributed by atoms with Crippen molar-refractivity contribution in [3.63, 3.8) is 0 Å². The van der Waals surface area contributed by atoms with Crippen molar-refractivity contribution in [1.82, 2.24) is 4.98 Å².